The number of hydrogen-bond acceptors (Lipinski definition) is 6. The number of unbranched alkanes of at least 4 members (excludes halogenated alkanes) is 20. The molecular weight excluding hydrogens is 693 g/mol. The monoisotopic (exact) mass is 769 g/mol. The minimum Gasteiger partial charge on any atom is -0.335 e. The van der Waals surface area contributed by atoms with Gasteiger partial charge in [-0.15, -0.1) is 0 Å². The minimum atomic E-state index is -0.430. The number of aromatic nitrogens is 4. The van der Waals surface area contributed by atoms with Crippen molar-refractivity contribution in [3.63, 3.8) is 0 Å². The summed E-state index contributed by atoms with van der Waals surface area (Å²) in [7, 11) is 0. The van der Waals surface area contributed by atoms with Gasteiger partial charge in [0.05, 0.1) is 0 Å². The standard InChI is InChI=1S/C43H76N8O4/c1-5-7-9-11-13-15-17-19-21-23-25-30-36-32-38(52)48-40(46-36)50-42(54)44-34(3)28-27-29-35(4)45-43(55)51-41-47-37(33-39(53)49-41)31-26-24-22-20-18-16-14-12-10-8-6-2/h32-35H,5-31H2,1-4H3,(H3,44,46,48,50,52,54)(H3,45,47,49,51,53,55)/t34-,35+. The van der Waals surface area contributed by atoms with E-state index in [4.69, 9.17) is 0 Å². The number of H-pyrrole nitrogens is 2. The van der Waals surface area contributed by atoms with E-state index in [1.165, 1.54) is 128 Å². The van der Waals surface area contributed by atoms with E-state index in [1.54, 1.807) is 0 Å². The second-order valence-electron chi connectivity index (χ2n) is 15.7. The lowest BCUT2D eigenvalue weighted by molar-refractivity contribution is 0.247. The number of carbonyl (C=O) groups excluding carboxylic acids is 2. The molecule has 0 fully saturated rings. The zero-order chi connectivity index (χ0) is 39.9. The number of amides is 4. The first-order valence-corrected chi connectivity index (χ1v) is 22.0. The van der Waals surface area contributed by atoms with E-state index in [9.17, 15) is 19.2 Å². The quantitative estimate of drug-likeness (QED) is 0.0404. The number of rotatable bonds is 32. The van der Waals surface area contributed by atoms with Crippen molar-refractivity contribution < 1.29 is 9.59 Å². The van der Waals surface area contributed by atoms with E-state index < -0.39 is 12.1 Å². The van der Waals surface area contributed by atoms with Crippen molar-refractivity contribution in [3.8, 4) is 0 Å². The average Bonchev–Trinajstić information content (AvgIpc) is 3.12. The van der Waals surface area contributed by atoms with Crippen LogP contribution in [0.15, 0.2) is 21.7 Å². The molecule has 0 aromatic carbocycles. The molecule has 312 valence electrons. The maximum Gasteiger partial charge on any atom is 0.321 e. The molecule has 12 heteroatoms. The van der Waals surface area contributed by atoms with Crippen molar-refractivity contribution in [3.05, 3.63) is 44.2 Å². The summed E-state index contributed by atoms with van der Waals surface area (Å²) in [6.07, 6.45) is 31.2. The van der Waals surface area contributed by atoms with Gasteiger partial charge in [0.15, 0.2) is 0 Å². The molecule has 2 rings (SSSR count). The minimum absolute atomic E-state index is 0.135. The number of aryl methyl sites for hydroxylation is 2. The van der Waals surface area contributed by atoms with Gasteiger partial charge in [0.2, 0.25) is 11.9 Å². The Morgan fingerprint density at radius 3 is 1.15 bits per heavy atom. The lowest BCUT2D eigenvalue weighted by Crippen LogP contribution is -2.38. The molecule has 0 spiro atoms. The first kappa shape index (κ1) is 47.5. The predicted octanol–water partition coefficient (Wildman–Crippen LogP) is 10.5. The topological polar surface area (TPSA) is 174 Å². The fourth-order valence-corrected chi connectivity index (χ4v) is 6.94. The van der Waals surface area contributed by atoms with Crippen LogP contribution in [0.3, 0.4) is 0 Å². The highest BCUT2D eigenvalue weighted by molar-refractivity contribution is 5.88. The Hall–Kier alpha value is -3.70. The second-order valence-corrected chi connectivity index (χ2v) is 15.7. The van der Waals surface area contributed by atoms with Crippen LogP contribution in [-0.4, -0.2) is 44.1 Å². The lowest BCUT2D eigenvalue weighted by atomic mass is 10.0. The number of urea groups is 2. The van der Waals surface area contributed by atoms with E-state index in [0.29, 0.717) is 37.1 Å². The Kier molecular flexibility index (Phi) is 26.3. The van der Waals surface area contributed by atoms with Crippen LogP contribution in [0.25, 0.3) is 0 Å². The Morgan fingerprint density at radius 2 is 0.818 bits per heavy atom. The van der Waals surface area contributed by atoms with Crippen LogP contribution in [-0.2, 0) is 12.8 Å². The number of nitrogens with zero attached hydrogens (tertiary/aromatic N) is 2. The van der Waals surface area contributed by atoms with Crippen molar-refractivity contribution in [2.45, 2.75) is 213 Å². The molecule has 0 bridgehead atoms. The maximum atomic E-state index is 12.6. The normalized spacial score (nSPS) is 12.3. The molecule has 55 heavy (non-hydrogen) atoms. The van der Waals surface area contributed by atoms with E-state index in [-0.39, 0.29) is 35.1 Å². The number of carbonyl (C=O) groups is 2. The molecule has 2 atom stereocenters. The van der Waals surface area contributed by atoms with Crippen molar-refractivity contribution >= 4 is 24.0 Å². The summed E-state index contributed by atoms with van der Waals surface area (Å²) < 4.78 is 0. The van der Waals surface area contributed by atoms with Gasteiger partial charge in [0.1, 0.15) is 0 Å². The average molecular weight is 769 g/mol. The van der Waals surface area contributed by atoms with E-state index in [2.05, 4.69) is 55.1 Å². The van der Waals surface area contributed by atoms with Gasteiger partial charge >= 0.3 is 12.1 Å². The Morgan fingerprint density at radius 1 is 0.509 bits per heavy atom. The van der Waals surface area contributed by atoms with Gasteiger partial charge in [-0.05, 0) is 58.8 Å². The molecule has 6 N–H and O–H groups in total. The van der Waals surface area contributed by atoms with Crippen LogP contribution in [0, 0.1) is 0 Å². The molecular formula is C43H76N8O4. The molecule has 0 saturated heterocycles. The fraction of sp³-hybridized carbons (Fsp3) is 0.767. The summed E-state index contributed by atoms with van der Waals surface area (Å²) in [6, 6.07) is 1.88. The second kappa shape index (κ2) is 30.5. The SMILES string of the molecule is CCCCCCCCCCCCCc1cc(=O)[nH]c(NC(=O)N[C@H](C)CCC[C@H](C)NC(=O)Nc2nc(CCCCCCCCCCCCC)cc(=O)[nH]2)n1. The van der Waals surface area contributed by atoms with E-state index in [1.807, 2.05) is 13.8 Å². The summed E-state index contributed by atoms with van der Waals surface area (Å²) in [4.78, 5) is 63.9. The lowest BCUT2D eigenvalue weighted by Gasteiger charge is -2.17. The summed E-state index contributed by atoms with van der Waals surface area (Å²) in [5.41, 5.74) is 0.804. The summed E-state index contributed by atoms with van der Waals surface area (Å²) in [5, 5.41) is 11.1. The largest absolute Gasteiger partial charge is 0.335 e. The third-order valence-corrected chi connectivity index (χ3v) is 10.2. The highest BCUT2D eigenvalue weighted by atomic mass is 16.2. The van der Waals surface area contributed by atoms with Gasteiger partial charge in [0.25, 0.3) is 11.1 Å². The van der Waals surface area contributed by atoms with Crippen molar-refractivity contribution in [2.75, 3.05) is 10.6 Å². The Labute approximate surface area is 331 Å². The third kappa shape index (κ3) is 25.2. The molecule has 0 aliphatic rings. The van der Waals surface area contributed by atoms with Crippen LogP contribution >= 0.6 is 0 Å². The summed E-state index contributed by atoms with van der Waals surface area (Å²) in [6.45, 7) is 8.32. The first-order valence-electron chi connectivity index (χ1n) is 22.0. The zero-order valence-corrected chi connectivity index (χ0v) is 34.9. The van der Waals surface area contributed by atoms with Crippen LogP contribution < -0.4 is 32.4 Å². The van der Waals surface area contributed by atoms with Crippen molar-refractivity contribution in [1.82, 2.24) is 30.6 Å². The summed E-state index contributed by atoms with van der Waals surface area (Å²) >= 11 is 0. The molecule has 0 aliphatic carbocycles. The highest BCUT2D eigenvalue weighted by Gasteiger charge is 2.13. The summed E-state index contributed by atoms with van der Waals surface area (Å²) in [5.74, 6) is 0.295. The van der Waals surface area contributed by atoms with Crippen LogP contribution in [0.2, 0.25) is 0 Å². The van der Waals surface area contributed by atoms with Gasteiger partial charge in [-0.1, -0.05) is 142 Å². The van der Waals surface area contributed by atoms with Gasteiger partial charge in [0, 0.05) is 35.6 Å². The maximum absolute atomic E-state index is 12.6. The van der Waals surface area contributed by atoms with E-state index >= 15 is 0 Å². The van der Waals surface area contributed by atoms with Crippen LogP contribution in [0.1, 0.15) is 200 Å². The molecule has 0 radical (unpaired) electrons. The highest BCUT2D eigenvalue weighted by Crippen LogP contribution is 2.14. The predicted molar refractivity (Wildman–Crippen MR) is 227 cm³/mol. The molecule has 4 amide bonds. The molecule has 12 nitrogen and oxygen atoms in total. The van der Waals surface area contributed by atoms with Crippen LogP contribution in [0.5, 0.6) is 0 Å². The fourth-order valence-electron chi connectivity index (χ4n) is 6.94. The van der Waals surface area contributed by atoms with Crippen molar-refractivity contribution in [2.24, 2.45) is 0 Å². The van der Waals surface area contributed by atoms with Gasteiger partial charge in [-0.3, -0.25) is 30.2 Å². The molecule has 0 aliphatic heterocycles. The molecule has 0 unspecified atom stereocenters. The Balaban J connectivity index is 1.60. The van der Waals surface area contributed by atoms with Gasteiger partial charge in [-0.2, -0.15) is 0 Å². The molecule has 2 aromatic rings. The zero-order valence-electron chi connectivity index (χ0n) is 34.9. The number of aromatic amines is 2. The first-order chi connectivity index (χ1) is 26.7. The Bertz CT molecular complexity index is 1320. The number of anilines is 2. The number of nitrogens with one attached hydrogen (secondary N) is 6. The van der Waals surface area contributed by atoms with Gasteiger partial charge in [-0.25, -0.2) is 19.6 Å². The molecule has 2 aromatic heterocycles. The third-order valence-electron chi connectivity index (χ3n) is 10.2. The van der Waals surface area contributed by atoms with Gasteiger partial charge < -0.3 is 10.6 Å². The molecule has 2 heterocycles. The number of hydrogen-bond donors (Lipinski definition) is 6. The van der Waals surface area contributed by atoms with Crippen LogP contribution in [0.4, 0.5) is 21.5 Å². The van der Waals surface area contributed by atoms with E-state index in [0.717, 1.165) is 32.1 Å². The van der Waals surface area contributed by atoms with Crippen molar-refractivity contribution in [1.29, 1.82) is 0 Å². The smallest absolute Gasteiger partial charge is 0.321 e. The molecule has 0 saturated carbocycles.